The number of rotatable bonds is 7. The molecule has 0 aliphatic carbocycles. The van der Waals surface area contributed by atoms with Crippen LogP contribution in [0.5, 0.6) is 5.75 Å². The molecule has 0 aromatic heterocycles. The minimum atomic E-state index is -0.489. The first kappa shape index (κ1) is 14.7. The second kappa shape index (κ2) is 7.87. The fourth-order valence-corrected chi connectivity index (χ4v) is 1.51. The molecule has 1 rings (SSSR count). The highest BCUT2D eigenvalue weighted by Crippen LogP contribution is 2.23. The van der Waals surface area contributed by atoms with E-state index in [1.165, 1.54) is 12.3 Å². The Kier molecular flexibility index (Phi) is 6.09. The van der Waals surface area contributed by atoms with Crippen LogP contribution in [0.15, 0.2) is 43.2 Å². The van der Waals surface area contributed by atoms with E-state index >= 15 is 0 Å². The molecule has 4 nitrogen and oxygen atoms in total. The van der Waals surface area contributed by atoms with Crippen molar-refractivity contribution >= 4 is 12.3 Å². The van der Waals surface area contributed by atoms with Crippen molar-refractivity contribution in [1.82, 2.24) is 0 Å². The van der Waals surface area contributed by atoms with Crippen molar-refractivity contribution in [3.05, 3.63) is 54.3 Å². The zero-order valence-electron chi connectivity index (χ0n) is 10.8. The summed E-state index contributed by atoms with van der Waals surface area (Å²) in [6.45, 7) is 5.67. The molecule has 0 N–H and O–H groups in total. The van der Waals surface area contributed by atoms with Gasteiger partial charge in [0.25, 0.3) is 0 Å². The molecule has 0 aliphatic heterocycles. The van der Waals surface area contributed by atoms with Crippen molar-refractivity contribution in [2.45, 2.75) is 13.3 Å². The summed E-state index contributed by atoms with van der Waals surface area (Å²) in [5.41, 5.74) is 1.25. The molecule has 0 saturated heterocycles. The first-order chi connectivity index (χ1) is 9.22. The van der Waals surface area contributed by atoms with Gasteiger partial charge in [0.1, 0.15) is 5.75 Å². The highest BCUT2D eigenvalue weighted by molar-refractivity contribution is 5.82. The number of allylic oxidation sites excluding steroid dienone is 1. The van der Waals surface area contributed by atoms with Gasteiger partial charge in [-0.15, -0.1) is 6.58 Å². The van der Waals surface area contributed by atoms with E-state index in [1.807, 2.05) is 6.07 Å². The minimum absolute atomic E-state index is 0.301. The maximum Gasteiger partial charge on any atom is 0.333 e. The molecule has 100 valence electrons. The number of benzene rings is 1. The Balaban J connectivity index is 2.88. The molecule has 0 bridgehead atoms. The highest BCUT2D eigenvalue weighted by Gasteiger charge is 2.07. The molecule has 19 heavy (non-hydrogen) atoms. The van der Waals surface area contributed by atoms with E-state index in [4.69, 9.17) is 9.47 Å². The number of carbonyl (C=O) groups excluding carboxylic acids is 2. The first-order valence-electron chi connectivity index (χ1n) is 5.90. The number of hydrogen-bond donors (Lipinski definition) is 0. The van der Waals surface area contributed by atoms with Crippen LogP contribution >= 0.6 is 0 Å². The van der Waals surface area contributed by atoms with Crippen molar-refractivity contribution in [3.63, 3.8) is 0 Å². The molecule has 1 aromatic rings. The van der Waals surface area contributed by atoms with Crippen LogP contribution in [0.1, 0.15) is 22.8 Å². The highest BCUT2D eigenvalue weighted by atomic mass is 16.5. The van der Waals surface area contributed by atoms with Gasteiger partial charge in [-0.2, -0.15) is 0 Å². The predicted molar refractivity (Wildman–Crippen MR) is 72.1 cm³/mol. The lowest BCUT2D eigenvalue weighted by molar-refractivity contribution is -0.137. The molecule has 0 spiro atoms. The molecule has 0 atom stereocenters. The first-order valence-corrected chi connectivity index (χ1v) is 5.90. The fourth-order valence-electron chi connectivity index (χ4n) is 1.51. The van der Waals surface area contributed by atoms with E-state index in [-0.39, 0.29) is 0 Å². The second-order valence-corrected chi connectivity index (χ2v) is 3.62. The van der Waals surface area contributed by atoms with Crippen LogP contribution in [0.25, 0.3) is 0 Å². The van der Waals surface area contributed by atoms with Crippen LogP contribution in [0.2, 0.25) is 0 Å². The predicted octanol–water partition coefficient (Wildman–Crippen LogP) is 2.68. The fraction of sp³-hybridized carbons (Fsp3) is 0.200. The van der Waals surface area contributed by atoms with Gasteiger partial charge in [0.2, 0.25) is 0 Å². The Morgan fingerprint density at radius 3 is 2.84 bits per heavy atom. The van der Waals surface area contributed by atoms with E-state index in [9.17, 15) is 9.59 Å². The lowest BCUT2D eigenvalue weighted by Gasteiger charge is -2.09. The molecule has 0 unspecified atom stereocenters. The molecule has 0 fully saturated rings. The summed E-state index contributed by atoms with van der Waals surface area (Å²) in [5, 5.41) is 0. The Hall–Kier alpha value is -2.36. The minimum Gasteiger partial charge on any atom is -0.464 e. The van der Waals surface area contributed by atoms with Gasteiger partial charge in [-0.25, -0.2) is 4.79 Å². The van der Waals surface area contributed by atoms with Gasteiger partial charge >= 0.3 is 5.97 Å². The maximum atomic E-state index is 11.1. The maximum absolute atomic E-state index is 11.1. The summed E-state index contributed by atoms with van der Waals surface area (Å²) in [7, 11) is 0. The van der Waals surface area contributed by atoms with Gasteiger partial charge in [0.05, 0.1) is 24.5 Å². The molecule has 0 radical (unpaired) electrons. The Labute approximate surface area is 112 Å². The van der Waals surface area contributed by atoms with E-state index < -0.39 is 5.97 Å². The van der Waals surface area contributed by atoms with Crippen LogP contribution in [0.4, 0.5) is 0 Å². The second-order valence-electron chi connectivity index (χ2n) is 3.62. The smallest absolute Gasteiger partial charge is 0.333 e. The Morgan fingerprint density at radius 2 is 2.21 bits per heavy atom. The monoisotopic (exact) mass is 260 g/mol. The van der Waals surface area contributed by atoms with Crippen molar-refractivity contribution in [2.24, 2.45) is 0 Å². The third kappa shape index (κ3) is 4.43. The largest absolute Gasteiger partial charge is 0.464 e. The van der Waals surface area contributed by atoms with Crippen LogP contribution < -0.4 is 4.74 Å². The average molecular weight is 260 g/mol. The summed E-state index contributed by atoms with van der Waals surface area (Å²) in [5.74, 6) is -0.0608. The van der Waals surface area contributed by atoms with Gasteiger partial charge in [0.15, 0.2) is 6.29 Å². The van der Waals surface area contributed by atoms with Crippen molar-refractivity contribution < 1.29 is 19.1 Å². The number of ether oxygens (including phenoxy) is 2. The van der Waals surface area contributed by atoms with E-state index in [0.717, 1.165) is 5.56 Å². The van der Waals surface area contributed by atoms with Gasteiger partial charge in [-0.3, -0.25) is 4.79 Å². The Bertz CT molecular complexity index is 489. The van der Waals surface area contributed by atoms with Gasteiger partial charge in [-0.1, -0.05) is 18.2 Å². The SMILES string of the molecule is C=CCc1cccc(C=O)c1OC=CC(=O)OCC. The zero-order chi connectivity index (χ0) is 14.1. The molecule has 0 heterocycles. The van der Waals surface area contributed by atoms with Crippen molar-refractivity contribution in [3.8, 4) is 5.75 Å². The van der Waals surface area contributed by atoms with Crippen molar-refractivity contribution in [2.75, 3.05) is 6.61 Å². The topological polar surface area (TPSA) is 52.6 Å². The summed E-state index contributed by atoms with van der Waals surface area (Å²) >= 11 is 0. The summed E-state index contributed by atoms with van der Waals surface area (Å²) in [6.07, 6.45) is 5.38. The standard InChI is InChI=1S/C15H16O4/c1-3-6-12-7-5-8-13(11-16)15(12)19-10-9-14(17)18-4-2/h3,5,7-11H,1,4,6H2,2H3. The number of para-hydroxylation sites is 1. The molecule has 0 amide bonds. The third-order valence-corrected chi connectivity index (χ3v) is 2.29. The number of hydrogen-bond acceptors (Lipinski definition) is 4. The summed E-state index contributed by atoms with van der Waals surface area (Å²) < 4.78 is 10.1. The number of carbonyl (C=O) groups is 2. The lowest BCUT2D eigenvalue weighted by atomic mass is 10.1. The number of aldehydes is 1. The quantitative estimate of drug-likeness (QED) is 0.249. The van der Waals surface area contributed by atoms with E-state index in [0.29, 0.717) is 30.6 Å². The average Bonchev–Trinajstić information content (AvgIpc) is 2.41. The summed E-state index contributed by atoms with van der Waals surface area (Å²) in [4.78, 5) is 22.1. The molecular weight excluding hydrogens is 244 g/mol. The number of esters is 1. The zero-order valence-corrected chi connectivity index (χ0v) is 10.8. The van der Waals surface area contributed by atoms with Crippen LogP contribution in [0, 0.1) is 0 Å². The Morgan fingerprint density at radius 1 is 1.42 bits per heavy atom. The van der Waals surface area contributed by atoms with E-state index in [1.54, 1.807) is 25.1 Å². The van der Waals surface area contributed by atoms with Gasteiger partial charge in [-0.05, 0) is 25.0 Å². The van der Waals surface area contributed by atoms with Crippen LogP contribution in [-0.2, 0) is 16.0 Å². The van der Waals surface area contributed by atoms with Crippen molar-refractivity contribution in [1.29, 1.82) is 0 Å². The lowest BCUT2D eigenvalue weighted by Crippen LogP contribution is -2.01. The van der Waals surface area contributed by atoms with Crippen LogP contribution in [-0.4, -0.2) is 18.9 Å². The van der Waals surface area contributed by atoms with Gasteiger partial charge in [0, 0.05) is 0 Å². The van der Waals surface area contributed by atoms with Gasteiger partial charge < -0.3 is 9.47 Å². The molecule has 0 saturated carbocycles. The molecule has 0 aliphatic rings. The summed E-state index contributed by atoms with van der Waals surface area (Å²) in [6, 6.07) is 5.25. The van der Waals surface area contributed by atoms with E-state index in [2.05, 4.69) is 6.58 Å². The normalized spacial score (nSPS) is 10.2. The molecule has 1 aromatic carbocycles. The molecule has 4 heteroatoms. The van der Waals surface area contributed by atoms with Crippen LogP contribution in [0.3, 0.4) is 0 Å². The third-order valence-electron chi connectivity index (χ3n) is 2.29. The molecular formula is C15H16O4.